The van der Waals surface area contributed by atoms with Crippen LogP contribution in [0.4, 0.5) is 0 Å². The summed E-state index contributed by atoms with van der Waals surface area (Å²) in [5.41, 5.74) is 1.21. The monoisotopic (exact) mass is 474 g/mol. The van der Waals surface area contributed by atoms with Crippen molar-refractivity contribution in [3.8, 4) is 11.5 Å². The summed E-state index contributed by atoms with van der Waals surface area (Å²) < 4.78 is 23.0. The van der Waals surface area contributed by atoms with E-state index < -0.39 is 5.97 Å². The van der Waals surface area contributed by atoms with E-state index in [1.807, 2.05) is 12.1 Å². The summed E-state index contributed by atoms with van der Waals surface area (Å²) in [6.07, 6.45) is 6.45. The molecular weight excluding hydrogens is 447 g/mol. The molecule has 0 saturated heterocycles. The third kappa shape index (κ3) is 6.46. The quantitative estimate of drug-likeness (QED) is 0.168. The van der Waals surface area contributed by atoms with E-state index in [2.05, 4.69) is 29.2 Å². The molecule has 0 unspecified atom stereocenters. The molecule has 2 rings (SSSR count). The van der Waals surface area contributed by atoms with Gasteiger partial charge in [-0.3, -0.25) is 0 Å². The lowest BCUT2D eigenvalue weighted by atomic mass is 9.90. The molecule has 1 aliphatic carbocycles. The molecular formula is C20H27IO5. The van der Waals surface area contributed by atoms with E-state index in [0.717, 1.165) is 15.7 Å². The average Bonchev–Trinajstić information content (AvgIpc) is 2.64. The first-order valence-corrected chi connectivity index (χ1v) is 9.98. The van der Waals surface area contributed by atoms with Crippen LogP contribution in [0.25, 0.3) is 0 Å². The van der Waals surface area contributed by atoms with Crippen LogP contribution in [0.2, 0.25) is 0 Å². The van der Waals surface area contributed by atoms with E-state index in [-0.39, 0.29) is 13.4 Å². The van der Waals surface area contributed by atoms with Crippen molar-refractivity contribution in [3.63, 3.8) is 0 Å². The number of hydrogen-bond donors (Lipinski definition) is 0. The maximum Gasteiger partial charge on any atom is 0.333 e. The third-order valence-electron chi connectivity index (χ3n) is 4.37. The van der Waals surface area contributed by atoms with Crippen molar-refractivity contribution < 1.29 is 23.7 Å². The van der Waals surface area contributed by atoms with Gasteiger partial charge in [0.25, 0.3) is 0 Å². The van der Waals surface area contributed by atoms with Crippen LogP contribution in [0.1, 0.15) is 44.6 Å². The minimum atomic E-state index is -0.407. The van der Waals surface area contributed by atoms with Crippen LogP contribution in [-0.4, -0.2) is 26.5 Å². The van der Waals surface area contributed by atoms with Gasteiger partial charge in [-0.2, -0.15) is 0 Å². The average molecular weight is 474 g/mol. The number of benzene rings is 1. The summed E-state index contributed by atoms with van der Waals surface area (Å²) in [5.74, 6) is 1.49. The van der Waals surface area contributed by atoms with E-state index in [0.29, 0.717) is 23.0 Å². The Morgan fingerprint density at radius 3 is 2.65 bits per heavy atom. The summed E-state index contributed by atoms with van der Waals surface area (Å²) in [4.78, 5) is 11.5. The maximum atomic E-state index is 11.5. The highest BCUT2D eigenvalue weighted by atomic mass is 127. The fraction of sp³-hybridized carbons (Fsp3) is 0.550. The second-order valence-electron chi connectivity index (χ2n) is 6.60. The minimum absolute atomic E-state index is 0.163. The lowest BCUT2D eigenvalue weighted by Crippen LogP contribution is -2.16. The molecule has 6 heteroatoms. The Morgan fingerprint density at radius 2 is 2.00 bits per heavy atom. The molecule has 144 valence electrons. The number of hydrogen-bond acceptors (Lipinski definition) is 5. The fourth-order valence-corrected chi connectivity index (χ4v) is 3.76. The largest absolute Gasteiger partial charge is 0.493 e. The summed E-state index contributed by atoms with van der Waals surface area (Å²) in [7, 11) is 1.59. The summed E-state index contributed by atoms with van der Waals surface area (Å²) in [6, 6.07) is 3.72. The van der Waals surface area contributed by atoms with Gasteiger partial charge in [0.05, 0.1) is 17.3 Å². The summed E-state index contributed by atoms with van der Waals surface area (Å²) in [5, 5.41) is 0. The van der Waals surface area contributed by atoms with Gasteiger partial charge >= 0.3 is 5.97 Å². The van der Waals surface area contributed by atoms with Crippen LogP contribution in [0, 0.1) is 9.49 Å². The number of halogens is 1. The highest BCUT2D eigenvalue weighted by Gasteiger charge is 2.15. The van der Waals surface area contributed by atoms with Crippen LogP contribution in [0.5, 0.6) is 11.5 Å². The van der Waals surface area contributed by atoms with Gasteiger partial charge in [0, 0.05) is 5.57 Å². The fourth-order valence-electron chi connectivity index (χ4n) is 2.94. The zero-order valence-corrected chi connectivity index (χ0v) is 17.7. The van der Waals surface area contributed by atoms with Crippen molar-refractivity contribution in [1.29, 1.82) is 0 Å². The predicted octanol–water partition coefficient (Wildman–Crippen LogP) is 4.85. The zero-order chi connectivity index (χ0) is 18.9. The molecule has 0 atom stereocenters. The van der Waals surface area contributed by atoms with Crippen molar-refractivity contribution >= 4 is 28.6 Å². The summed E-state index contributed by atoms with van der Waals surface area (Å²) >= 11 is 2.18. The molecule has 0 N–H and O–H groups in total. The minimum Gasteiger partial charge on any atom is -0.493 e. The second-order valence-corrected chi connectivity index (χ2v) is 7.76. The van der Waals surface area contributed by atoms with Crippen LogP contribution in [0.3, 0.4) is 0 Å². The molecule has 0 aromatic heterocycles. The standard InChI is InChI=1S/C20H27IO5/c1-14(2)20(22)25-12-16-9-17(21)19(18(10-16)23-3)26-13-24-11-15-7-5-4-6-8-15/h9-10,15H,1,4-8,11-13H2,2-3H3. The number of carbonyl (C=O) groups is 1. The van der Waals surface area contributed by atoms with Gasteiger partial charge in [-0.1, -0.05) is 25.8 Å². The number of ether oxygens (including phenoxy) is 4. The molecule has 1 aromatic rings. The summed E-state index contributed by atoms with van der Waals surface area (Å²) in [6.45, 7) is 6.30. The second kappa shape index (κ2) is 10.8. The van der Waals surface area contributed by atoms with Crippen molar-refractivity contribution in [1.82, 2.24) is 0 Å². The molecule has 0 bridgehead atoms. The molecule has 0 aliphatic heterocycles. The first-order chi connectivity index (χ1) is 12.5. The van der Waals surface area contributed by atoms with E-state index in [9.17, 15) is 4.79 Å². The highest BCUT2D eigenvalue weighted by molar-refractivity contribution is 14.1. The maximum absolute atomic E-state index is 11.5. The molecule has 0 amide bonds. The highest BCUT2D eigenvalue weighted by Crippen LogP contribution is 2.34. The molecule has 5 nitrogen and oxygen atoms in total. The zero-order valence-electron chi connectivity index (χ0n) is 15.5. The van der Waals surface area contributed by atoms with Crippen molar-refractivity contribution in [3.05, 3.63) is 33.4 Å². The van der Waals surface area contributed by atoms with Gasteiger partial charge in [0.15, 0.2) is 18.3 Å². The van der Waals surface area contributed by atoms with E-state index in [4.69, 9.17) is 18.9 Å². The first kappa shape index (κ1) is 21.0. The van der Waals surface area contributed by atoms with Gasteiger partial charge in [0.1, 0.15) is 6.61 Å². The normalized spacial score (nSPS) is 14.7. The lowest BCUT2D eigenvalue weighted by Gasteiger charge is -2.21. The molecule has 0 radical (unpaired) electrons. The molecule has 1 fully saturated rings. The Balaban J connectivity index is 1.88. The molecule has 0 spiro atoms. The van der Waals surface area contributed by atoms with Gasteiger partial charge in [-0.15, -0.1) is 0 Å². The smallest absolute Gasteiger partial charge is 0.333 e. The third-order valence-corrected chi connectivity index (χ3v) is 5.17. The molecule has 1 aromatic carbocycles. The van der Waals surface area contributed by atoms with Crippen molar-refractivity contribution in [2.75, 3.05) is 20.5 Å². The van der Waals surface area contributed by atoms with Crippen LogP contribution in [-0.2, 0) is 20.9 Å². The Kier molecular flexibility index (Phi) is 8.71. The Hall–Kier alpha value is -1.28. The Bertz CT molecular complexity index is 623. The van der Waals surface area contributed by atoms with E-state index in [1.54, 1.807) is 14.0 Å². The van der Waals surface area contributed by atoms with Crippen LogP contribution >= 0.6 is 22.6 Å². The molecule has 1 aliphatic rings. The molecule has 0 heterocycles. The Morgan fingerprint density at radius 1 is 1.27 bits per heavy atom. The number of methoxy groups -OCH3 is 1. The van der Waals surface area contributed by atoms with E-state index in [1.165, 1.54) is 32.1 Å². The molecule has 1 saturated carbocycles. The SMILES string of the molecule is C=C(C)C(=O)OCc1cc(I)c(OCOCC2CCCCC2)c(OC)c1. The Labute approximate surface area is 169 Å². The molecule has 26 heavy (non-hydrogen) atoms. The lowest BCUT2D eigenvalue weighted by molar-refractivity contribution is -0.140. The number of carbonyl (C=O) groups excluding carboxylic acids is 1. The first-order valence-electron chi connectivity index (χ1n) is 8.90. The van der Waals surface area contributed by atoms with Gasteiger partial charge in [-0.25, -0.2) is 4.79 Å². The topological polar surface area (TPSA) is 54.0 Å². The van der Waals surface area contributed by atoms with Gasteiger partial charge < -0.3 is 18.9 Å². The number of rotatable bonds is 9. The van der Waals surface area contributed by atoms with Crippen molar-refractivity contribution in [2.24, 2.45) is 5.92 Å². The van der Waals surface area contributed by atoms with Gasteiger partial charge in [0.2, 0.25) is 0 Å². The number of esters is 1. The van der Waals surface area contributed by atoms with E-state index >= 15 is 0 Å². The van der Waals surface area contributed by atoms with Gasteiger partial charge in [-0.05, 0) is 66.0 Å². The van der Waals surface area contributed by atoms with Crippen molar-refractivity contribution in [2.45, 2.75) is 45.6 Å². The van der Waals surface area contributed by atoms with Crippen LogP contribution < -0.4 is 9.47 Å². The predicted molar refractivity (Wildman–Crippen MR) is 108 cm³/mol. The van der Waals surface area contributed by atoms with Crippen LogP contribution in [0.15, 0.2) is 24.3 Å².